The summed E-state index contributed by atoms with van der Waals surface area (Å²) in [5, 5.41) is 2.00. The fraction of sp³-hybridized carbons (Fsp3) is 0.364. The molecule has 0 heterocycles. The second kappa shape index (κ2) is 6.29. The fourth-order valence-electron chi connectivity index (χ4n) is 1.30. The molecule has 7 heteroatoms. The van der Waals surface area contributed by atoms with E-state index >= 15 is 0 Å². The van der Waals surface area contributed by atoms with Crippen molar-refractivity contribution in [3.63, 3.8) is 0 Å². The molecule has 0 unspecified atom stereocenters. The molecule has 1 N–H and O–H groups in total. The number of ketones is 1. The molecular weight excluding hydrogens is 318 g/mol. The first-order chi connectivity index (χ1) is 8.29. The van der Waals surface area contributed by atoms with Crippen LogP contribution in [-0.4, -0.2) is 25.0 Å². The Morgan fingerprint density at radius 2 is 2.00 bits per heavy atom. The van der Waals surface area contributed by atoms with Gasteiger partial charge >= 0.3 is 6.18 Å². The lowest BCUT2D eigenvalue weighted by Crippen LogP contribution is -2.33. The number of benzene rings is 1. The molecule has 0 fully saturated rings. The molecule has 1 aromatic carbocycles. The van der Waals surface area contributed by atoms with Gasteiger partial charge in [0.15, 0.2) is 5.78 Å². The van der Waals surface area contributed by atoms with Crippen LogP contribution in [-0.2, 0) is 11.2 Å². The van der Waals surface area contributed by atoms with Crippen molar-refractivity contribution in [2.75, 3.05) is 13.1 Å². The Morgan fingerprint density at radius 3 is 2.61 bits per heavy atom. The molecule has 0 amide bonds. The highest BCUT2D eigenvalue weighted by atomic mass is 79.9. The van der Waals surface area contributed by atoms with Gasteiger partial charge in [0, 0.05) is 6.42 Å². The minimum absolute atomic E-state index is 0.122. The average Bonchev–Trinajstić information content (AvgIpc) is 2.23. The number of hydrogen-bond acceptors (Lipinski definition) is 2. The third kappa shape index (κ3) is 5.14. The van der Waals surface area contributed by atoms with Crippen molar-refractivity contribution in [1.29, 1.82) is 0 Å². The molecule has 0 bridgehead atoms. The third-order valence-electron chi connectivity index (χ3n) is 2.07. The van der Waals surface area contributed by atoms with Gasteiger partial charge in [0.1, 0.15) is 5.82 Å². The summed E-state index contributed by atoms with van der Waals surface area (Å²) < 4.78 is 48.7. The molecule has 0 saturated carbocycles. The second-order valence-corrected chi connectivity index (χ2v) is 4.44. The minimum atomic E-state index is -4.35. The van der Waals surface area contributed by atoms with Crippen LogP contribution < -0.4 is 5.32 Å². The average molecular weight is 328 g/mol. The van der Waals surface area contributed by atoms with Crippen LogP contribution >= 0.6 is 15.9 Å². The number of rotatable bonds is 5. The molecule has 1 aromatic rings. The summed E-state index contributed by atoms with van der Waals surface area (Å²) >= 11 is 2.98. The summed E-state index contributed by atoms with van der Waals surface area (Å²) in [5.41, 5.74) is 0.411. The predicted octanol–water partition coefficient (Wildman–Crippen LogP) is 2.85. The van der Waals surface area contributed by atoms with Crippen molar-refractivity contribution < 1.29 is 22.4 Å². The summed E-state index contributed by atoms with van der Waals surface area (Å²) in [7, 11) is 0. The van der Waals surface area contributed by atoms with Crippen LogP contribution in [0.15, 0.2) is 22.7 Å². The topological polar surface area (TPSA) is 29.1 Å². The maximum Gasteiger partial charge on any atom is 0.401 e. The molecule has 0 radical (unpaired) electrons. The van der Waals surface area contributed by atoms with E-state index in [4.69, 9.17) is 0 Å². The summed E-state index contributed by atoms with van der Waals surface area (Å²) in [4.78, 5) is 11.4. The Kier molecular flexibility index (Phi) is 5.28. The highest BCUT2D eigenvalue weighted by molar-refractivity contribution is 9.10. The molecule has 100 valence electrons. The monoisotopic (exact) mass is 327 g/mol. The maximum atomic E-state index is 13.1. The normalized spacial score (nSPS) is 11.6. The number of nitrogens with one attached hydrogen (secondary N) is 1. The van der Waals surface area contributed by atoms with Crippen molar-refractivity contribution in [3.8, 4) is 0 Å². The molecule has 0 aromatic heterocycles. The fourth-order valence-corrected chi connectivity index (χ4v) is 1.71. The Morgan fingerprint density at radius 1 is 1.33 bits per heavy atom. The van der Waals surface area contributed by atoms with Gasteiger partial charge < -0.3 is 5.32 Å². The molecule has 0 aliphatic carbocycles. The standard InChI is InChI=1S/C11H10BrF4NO/c12-10-7(2-1-3-9(10)13)4-8(18)5-17-6-11(14,15)16/h1-3,17H,4-6H2. The Balaban J connectivity index is 2.48. The number of carbonyl (C=O) groups is 1. The number of carbonyl (C=O) groups excluding carboxylic acids is 1. The van der Waals surface area contributed by atoms with Gasteiger partial charge in [-0.15, -0.1) is 0 Å². The van der Waals surface area contributed by atoms with Crippen LogP contribution in [0.4, 0.5) is 17.6 Å². The van der Waals surface area contributed by atoms with E-state index in [0.717, 1.165) is 0 Å². The van der Waals surface area contributed by atoms with Crippen molar-refractivity contribution in [1.82, 2.24) is 5.32 Å². The van der Waals surface area contributed by atoms with Gasteiger partial charge in [-0.1, -0.05) is 12.1 Å². The highest BCUT2D eigenvalue weighted by Gasteiger charge is 2.26. The molecule has 0 atom stereocenters. The van der Waals surface area contributed by atoms with Crippen LogP contribution in [0.2, 0.25) is 0 Å². The van der Waals surface area contributed by atoms with E-state index in [0.29, 0.717) is 5.56 Å². The van der Waals surface area contributed by atoms with E-state index in [-0.39, 0.29) is 10.9 Å². The molecule has 1 rings (SSSR count). The zero-order valence-electron chi connectivity index (χ0n) is 9.15. The van der Waals surface area contributed by atoms with E-state index in [1.54, 1.807) is 0 Å². The summed E-state index contributed by atoms with van der Waals surface area (Å²) in [6.07, 6.45) is -4.47. The minimum Gasteiger partial charge on any atom is -0.302 e. The zero-order chi connectivity index (χ0) is 13.8. The van der Waals surface area contributed by atoms with Crippen molar-refractivity contribution >= 4 is 21.7 Å². The largest absolute Gasteiger partial charge is 0.401 e. The van der Waals surface area contributed by atoms with Crippen molar-refractivity contribution in [2.45, 2.75) is 12.6 Å². The second-order valence-electron chi connectivity index (χ2n) is 3.65. The molecule has 2 nitrogen and oxygen atoms in total. The first-order valence-corrected chi connectivity index (χ1v) is 5.81. The smallest absolute Gasteiger partial charge is 0.302 e. The summed E-state index contributed by atoms with van der Waals surface area (Å²) in [6, 6.07) is 4.20. The van der Waals surface area contributed by atoms with E-state index in [9.17, 15) is 22.4 Å². The van der Waals surface area contributed by atoms with E-state index in [1.165, 1.54) is 18.2 Å². The quantitative estimate of drug-likeness (QED) is 0.842. The third-order valence-corrected chi connectivity index (χ3v) is 2.95. The van der Waals surface area contributed by atoms with Gasteiger partial charge in [0.05, 0.1) is 17.6 Å². The molecule has 0 aliphatic rings. The van der Waals surface area contributed by atoms with Gasteiger partial charge in [-0.2, -0.15) is 13.2 Å². The lowest BCUT2D eigenvalue weighted by atomic mass is 10.1. The van der Waals surface area contributed by atoms with Gasteiger partial charge in [-0.25, -0.2) is 4.39 Å². The Bertz CT molecular complexity index is 434. The summed E-state index contributed by atoms with van der Waals surface area (Å²) in [5.74, 6) is -0.950. The number of alkyl halides is 3. The predicted molar refractivity (Wildman–Crippen MR) is 61.7 cm³/mol. The first kappa shape index (κ1) is 15.1. The lowest BCUT2D eigenvalue weighted by Gasteiger charge is -2.08. The van der Waals surface area contributed by atoms with Gasteiger partial charge in [0.2, 0.25) is 0 Å². The molecular formula is C11H10BrF4NO. The zero-order valence-corrected chi connectivity index (χ0v) is 10.7. The van der Waals surface area contributed by atoms with Crippen LogP contribution in [0.3, 0.4) is 0 Å². The first-order valence-electron chi connectivity index (χ1n) is 5.01. The molecule has 18 heavy (non-hydrogen) atoms. The Hall–Kier alpha value is -0.950. The Labute approximate surface area is 109 Å². The molecule has 0 spiro atoms. The van der Waals surface area contributed by atoms with Gasteiger partial charge in [-0.3, -0.25) is 4.79 Å². The number of halogens is 5. The maximum absolute atomic E-state index is 13.1. The van der Waals surface area contributed by atoms with E-state index in [1.807, 2.05) is 5.32 Å². The number of Topliss-reactive ketones (excluding diaryl/α,β-unsaturated/α-hetero) is 1. The van der Waals surface area contributed by atoms with Gasteiger partial charge in [-0.05, 0) is 27.6 Å². The van der Waals surface area contributed by atoms with Crippen LogP contribution in [0.5, 0.6) is 0 Å². The van der Waals surface area contributed by atoms with Crippen molar-refractivity contribution in [3.05, 3.63) is 34.1 Å². The van der Waals surface area contributed by atoms with Gasteiger partial charge in [0.25, 0.3) is 0 Å². The summed E-state index contributed by atoms with van der Waals surface area (Å²) in [6.45, 7) is -1.62. The van der Waals surface area contributed by atoms with Crippen molar-refractivity contribution in [2.24, 2.45) is 0 Å². The molecule has 0 aliphatic heterocycles. The van der Waals surface area contributed by atoms with E-state index < -0.39 is 30.9 Å². The number of hydrogen-bond donors (Lipinski definition) is 1. The van der Waals surface area contributed by atoms with E-state index in [2.05, 4.69) is 15.9 Å². The molecule has 0 saturated heterocycles. The van der Waals surface area contributed by atoms with Crippen LogP contribution in [0, 0.1) is 5.82 Å². The SMILES string of the molecule is O=C(CNCC(F)(F)F)Cc1cccc(F)c1Br. The highest BCUT2D eigenvalue weighted by Crippen LogP contribution is 2.20. The van der Waals surface area contributed by atoms with Crippen LogP contribution in [0.1, 0.15) is 5.56 Å². The van der Waals surface area contributed by atoms with Crippen LogP contribution in [0.25, 0.3) is 0 Å². The lowest BCUT2D eigenvalue weighted by molar-refractivity contribution is -0.127.